The first kappa shape index (κ1) is 17.0. The van der Waals surface area contributed by atoms with E-state index in [4.69, 9.17) is 0 Å². The van der Waals surface area contributed by atoms with Crippen LogP contribution in [-0.4, -0.2) is 51.5 Å². The van der Waals surface area contributed by atoms with Gasteiger partial charge < -0.3 is 14.4 Å². The third-order valence-electron chi connectivity index (χ3n) is 4.49. The molecule has 1 aromatic carbocycles. The van der Waals surface area contributed by atoms with Crippen LogP contribution in [0, 0.1) is 3.57 Å². The Labute approximate surface area is 165 Å². The van der Waals surface area contributed by atoms with Crippen molar-refractivity contribution in [2.75, 3.05) is 31.1 Å². The number of piperazine rings is 1. The van der Waals surface area contributed by atoms with E-state index < -0.39 is 0 Å². The van der Waals surface area contributed by atoms with Gasteiger partial charge in [-0.05, 0) is 59.0 Å². The highest BCUT2D eigenvalue weighted by atomic mass is 127. The number of hydrogen-bond acceptors (Lipinski definition) is 4. The summed E-state index contributed by atoms with van der Waals surface area (Å²) in [7, 11) is 0. The van der Waals surface area contributed by atoms with Crippen LogP contribution in [0.4, 0.5) is 5.82 Å². The highest BCUT2D eigenvalue weighted by Gasteiger charge is 2.23. The van der Waals surface area contributed by atoms with Crippen molar-refractivity contribution >= 4 is 34.3 Å². The van der Waals surface area contributed by atoms with E-state index in [0.29, 0.717) is 13.1 Å². The summed E-state index contributed by atoms with van der Waals surface area (Å²) in [5.74, 6) is 1.83. The van der Waals surface area contributed by atoms with E-state index in [1.807, 2.05) is 64.3 Å². The fourth-order valence-corrected chi connectivity index (χ4v) is 3.41. The van der Waals surface area contributed by atoms with Crippen molar-refractivity contribution in [1.82, 2.24) is 19.4 Å². The average Bonchev–Trinajstić information content (AvgIpc) is 3.23. The van der Waals surface area contributed by atoms with Gasteiger partial charge in [0.15, 0.2) is 0 Å². The summed E-state index contributed by atoms with van der Waals surface area (Å²) in [6, 6.07) is 13.6. The minimum Gasteiger partial charge on any atom is -0.353 e. The van der Waals surface area contributed by atoms with Crippen molar-refractivity contribution in [2.24, 2.45) is 0 Å². The lowest BCUT2D eigenvalue weighted by molar-refractivity contribution is 0.0746. The number of nitrogens with zero attached hydrogens (tertiary/aromatic N) is 5. The van der Waals surface area contributed by atoms with Gasteiger partial charge in [-0.25, -0.2) is 9.97 Å². The van der Waals surface area contributed by atoms with Gasteiger partial charge in [0, 0.05) is 53.8 Å². The van der Waals surface area contributed by atoms with Gasteiger partial charge in [0.2, 0.25) is 0 Å². The molecule has 3 heterocycles. The third kappa shape index (κ3) is 3.57. The molecule has 1 aliphatic heterocycles. The molecule has 132 valence electrons. The van der Waals surface area contributed by atoms with Gasteiger partial charge >= 0.3 is 0 Å². The molecule has 1 aliphatic rings. The van der Waals surface area contributed by atoms with Gasteiger partial charge in [-0.2, -0.15) is 0 Å². The van der Waals surface area contributed by atoms with Gasteiger partial charge in [-0.15, -0.1) is 0 Å². The van der Waals surface area contributed by atoms with Crippen molar-refractivity contribution in [1.29, 1.82) is 0 Å². The fourth-order valence-electron chi connectivity index (χ4n) is 3.05. The summed E-state index contributed by atoms with van der Waals surface area (Å²) in [4.78, 5) is 25.5. The maximum atomic E-state index is 12.6. The summed E-state index contributed by atoms with van der Waals surface area (Å²) >= 11 is 2.24. The van der Waals surface area contributed by atoms with E-state index in [1.54, 1.807) is 6.33 Å². The number of aromatic nitrogens is 3. The van der Waals surface area contributed by atoms with E-state index >= 15 is 0 Å². The number of halogens is 1. The van der Waals surface area contributed by atoms with Crippen LogP contribution < -0.4 is 4.90 Å². The summed E-state index contributed by atoms with van der Waals surface area (Å²) < 4.78 is 3.09. The minimum atomic E-state index is 0.0942. The van der Waals surface area contributed by atoms with E-state index in [2.05, 4.69) is 37.5 Å². The first-order chi connectivity index (χ1) is 12.7. The molecule has 0 saturated carbocycles. The number of carbonyl (C=O) groups excluding carboxylic acids is 1. The predicted molar refractivity (Wildman–Crippen MR) is 109 cm³/mol. The van der Waals surface area contributed by atoms with Gasteiger partial charge in [-0.1, -0.05) is 0 Å². The number of benzene rings is 1. The lowest BCUT2D eigenvalue weighted by atomic mass is 10.2. The molecule has 26 heavy (non-hydrogen) atoms. The van der Waals surface area contributed by atoms with E-state index in [9.17, 15) is 4.79 Å². The van der Waals surface area contributed by atoms with Crippen molar-refractivity contribution in [2.45, 2.75) is 0 Å². The second kappa shape index (κ2) is 7.45. The summed E-state index contributed by atoms with van der Waals surface area (Å²) in [6.45, 7) is 2.90. The van der Waals surface area contributed by atoms with Crippen molar-refractivity contribution in [3.05, 3.63) is 70.3 Å². The van der Waals surface area contributed by atoms with Gasteiger partial charge in [-0.3, -0.25) is 4.79 Å². The molecule has 0 radical (unpaired) electrons. The van der Waals surface area contributed by atoms with Gasteiger partial charge in [0.05, 0.1) is 0 Å². The van der Waals surface area contributed by atoms with Crippen LogP contribution in [0.2, 0.25) is 0 Å². The predicted octanol–water partition coefficient (Wildman–Crippen LogP) is 2.83. The maximum absolute atomic E-state index is 12.6. The second-order valence-electron chi connectivity index (χ2n) is 6.11. The molecule has 0 bridgehead atoms. The molecule has 1 saturated heterocycles. The minimum absolute atomic E-state index is 0.0942. The van der Waals surface area contributed by atoms with Crippen LogP contribution in [0.1, 0.15) is 10.4 Å². The zero-order valence-corrected chi connectivity index (χ0v) is 16.3. The summed E-state index contributed by atoms with van der Waals surface area (Å²) in [5.41, 5.74) is 0.746. The topological polar surface area (TPSA) is 54.3 Å². The highest BCUT2D eigenvalue weighted by Crippen LogP contribution is 2.17. The number of rotatable bonds is 3. The SMILES string of the molecule is O=C(c1ccc(I)cc1)N1CCN(c2cc(-n3cccc3)ncn2)CC1. The van der Waals surface area contributed by atoms with Crippen molar-refractivity contribution < 1.29 is 4.79 Å². The third-order valence-corrected chi connectivity index (χ3v) is 5.21. The molecule has 6 nitrogen and oxygen atoms in total. The number of anilines is 1. The fraction of sp³-hybridized carbons (Fsp3) is 0.211. The monoisotopic (exact) mass is 459 g/mol. The molecule has 2 aromatic heterocycles. The second-order valence-corrected chi connectivity index (χ2v) is 7.36. The Morgan fingerprint density at radius 3 is 2.27 bits per heavy atom. The van der Waals surface area contributed by atoms with E-state index in [0.717, 1.165) is 33.9 Å². The molecule has 4 rings (SSSR count). The van der Waals surface area contributed by atoms with Crippen molar-refractivity contribution in [3.8, 4) is 5.82 Å². The van der Waals surface area contributed by atoms with Crippen LogP contribution in [0.25, 0.3) is 5.82 Å². The normalized spacial score (nSPS) is 14.5. The van der Waals surface area contributed by atoms with Gasteiger partial charge in [0.25, 0.3) is 5.91 Å². The largest absolute Gasteiger partial charge is 0.353 e. The number of amides is 1. The lowest BCUT2D eigenvalue weighted by Crippen LogP contribution is -2.49. The lowest BCUT2D eigenvalue weighted by Gasteiger charge is -2.35. The molecular formula is C19H18IN5O. The molecule has 0 spiro atoms. The smallest absolute Gasteiger partial charge is 0.253 e. The molecular weight excluding hydrogens is 441 g/mol. The molecule has 0 N–H and O–H groups in total. The number of hydrogen-bond donors (Lipinski definition) is 0. The molecule has 0 unspecified atom stereocenters. The highest BCUT2D eigenvalue weighted by molar-refractivity contribution is 14.1. The Morgan fingerprint density at radius 2 is 1.58 bits per heavy atom. The molecule has 7 heteroatoms. The number of carbonyl (C=O) groups is 1. The molecule has 3 aromatic rings. The van der Waals surface area contributed by atoms with E-state index in [-0.39, 0.29) is 5.91 Å². The zero-order chi connectivity index (χ0) is 17.9. The first-order valence-corrected chi connectivity index (χ1v) is 9.54. The molecule has 1 amide bonds. The van der Waals surface area contributed by atoms with Crippen LogP contribution in [-0.2, 0) is 0 Å². The van der Waals surface area contributed by atoms with Crippen LogP contribution in [0.15, 0.2) is 61.2 Å². The van der Waals surface area contributed by atoms with Gasteiger partial charge in [0.1, 0.15) is 18.0 Å². The van der Waals surface area contributed by atoms with Crippen LogP contribution in [0.5, 0.6) is 0 Å². The Morgan fingerprint density at radius 1 is 0.923 bits per heavy atom. The van der Waals surface area contributed by atoms with Crippen molar-refractivity contribution in [3.63, 3.8) is 0 Å². The Hall–Kier alpha value is -2.42. The summed E-state index contributed by atoms with van der Waals surface area (Å²) in [6.07, 6.45) is 5.52. The molecule has 0 atom stereocenters. The Kier molecular flexibility index (Phi) is 4.87. The Bertz CT molecular complexity index is 887. The van der Waals surface area contributed by atoms with Crippen LogP contribution in [0.3, 0.4) is 0 Å². The summed E-state index contributed by atoms with van der Waals surface area (Å²) in [5, 5.41) is 0. The quantitative estimate of drug-likeness (QED) is 0.566. The maximum Gasteiger partial charge on any atom is 0.253 e. The molecule has 0 aliphatic carbocycles. The standard InChI is InChI=1S/C19H18IN5O/c20-16-5-3-15(4-6-16)19(26)25-11-9-24(10-12-25)18-13-17(21-14-22-18)23-7-1-2-8-23/h1-8,13-14H,9-12H2. The van der Waals surface area contributed by atoms with E-state index in [1.165, 1.54) is 0 Å². The van der Waals surface area contributed by atoms with Crippen LogP contribution >= 0.6 is 22.6 Å². The average molecular weight is 459 g/mol. The zero-order valence-electron chi connectivity index (χ0n) is 14.1. The molecule has 1 fully saturated rings. The first-order valence-electron chi connectivity index (χ1n) is 8.46. The Balaban J connectivity index is 1.43.